The predicted octanol–water partition coefficient (Wildman–Crippen LogP) is 0.0767. The smallest absolute Gasteiger partial charge is 0.338 e. The lowest BCUT2D eigenvalue weighted by molar-refractivity contribution is -0.131. The number of esters is 1. The standard InChI is InChI=1S/C17H25N3O6S/c1-12(2)20(5)27(24,25)14-8-6-7-13(9-14)17(23)26-11-15(21)18-10-16(22)19(3)4/h6-9,12H,10-11H2,1-5H3,(H,18,21). The van der Waals surface area contributed by atoms with Crippen molar-refractivity contribution < 1.29 is 27.5 Å². The van der Waals surface area contributed by atoms with Crippen LogP contribution in [0.4, 0.5) is 0 Å². The molecular formula is C17H25N3O6S. The highest BCUT2D eigenvalue weighted by Crippen LogP contribution is 2.18. The van der Waals surface area contributed by atoms with Gasteiger partial charge in [-0.1, -0.05) is 6.07 Å². The molecule has 1 N–H and O–H groups in total. The van der Waals surface area contributed by atoms with Gasteiger partial charge in [-0.15, -0.1) is 0 Å². The van der Waals surface area contributed by atoms with Crippen LogP contribution in [0.25, 0.3) is 0 Å². The molecule has 1 aromatic rings. The number of nitrogens with zero attached hydrogens (tertiary/aromatic N) is 2. The second kappa shape index (κ2) is 9.47. The predicted molar refractivity (Wildman–Crippen MR) is 98.5 cm³/mol. The Morgan fingerprint density at radius 1 is 1.15 bits per heavy atom. The van der Waals surface area contributed by atoms with E-state index >= 15 is 0 Å². The molecule has 0 saturated carbocycles. The summed E-state index contributed by atoms with van der Waals surface area (Å²) in [7, 11) is 0.797. The van der Waals surface area contributed by atoms with Gasteiger partial charge in [-0.05, 0) is 32.0 Å². The van der Waals surface area contributed by atoms with Crippen molar-refractivity contribution in [2.75, 3.05) is 34.3 Å². The molecule has 0 spiro atoms. The van der Waals surface area contributed by atoms with E-state index in [1.807, 2.05) is 0 Å². The molecule has 0 aliphatic carbocycles. The first-order chi connectivity index (χ1) is 12.5. The average molecular weight is 399 g/mol. The number of likely N-dealkylation sites (N-methyl/N-ethyl adjacent to an activating group) is 1. The van der Waals surface area contributed by atoms with Crippen LogP contribution in [-0.4, -0.2) is 75.7 Å². The van der Waals surface area contributed by atoms with E-state index in [2.05, 4.69) is 5.32 Å². The van der Waals surface area contributed by atoms with E-state index in [1.54, 1.807) is 27.9 Å². The fourth-order valence-electron chi connectivity index (χ4n) is 1.83. The average Bonchev–Trinajstić information content (AvgIpc) is 2.63. The van der Waals surface area contributed by atoms with Crippen LogP contribution >= 0.6 is 0 Å². The lowest BCUT2D eigenvalue weighted by atomic mass is 10.2. The SMILES string of the molecule is CC(C)N(C)S(=O)(=O)c1cccc(C(=O)OCC(=O)NCC(=O)N(C)C)c1. The molecule has 0 aromatic heterocycles. The number of nitrogens with one attached hydrogen (secondary N) is 1. The minimum atomic E-state index is -3.75. The highest BCUT2D eigenvalue weighted by molar-refractivity contribution is 7.89. The minimum absolute atomic E-state index is 0.00500. The number of benzene rings is 1. The van der Waals surface area contributed by atoms with Gasteiger partial charge in [0.25, 0.3) is 5.91 Å². The quantitative estimate of drug-likeness (QED) is 0.619. The molecule has 1 aromatic carbocycles. The largest absolute Gasteiger partial charge is 0.452 e. The Morgan fingerprint density at radius 2 is 1.78 bits per heavy atom. The molecular weight excluding hydrogens is 374 g/mol. The summed E-state index contributed by atoms with van der Waals surface area (Å²) in [5, 5.41) is 2.32. The van der Waals surface area contributed by atoms with Gasteiger partial charge >= 0.3 is 5.97 Å². The van der Waals surface area contributed by atoms with Crippen LogP contribution in [0.1, 0.15) is 24.2 Å². The van der Waals surface area contributed by atoms with Crippen molar-refractivity contribution in [2.24, 2.45) is 0 Å². The Labute approximate surface area is 159 Å². The molecule has 0 heterocycles. The van der Waals surface area contributed by atoms with Crippen LogP contribution in [0.2, 0.25) is 0 Å². The lowest BCUT2D eigenvalue weighted by Crippen LogP contribution is -2.38. The molecule has 0 saturated heterocycles. The van der Waals surface area contributed by atoms with Crippen molar-refractivity contribution in [3.05, 3.63) is 29.8 Å². The monoisotopic (exact) mass is 399 g/mol. The van der Waals surface area contributed by atoms with Crippen LogP contribution in [-0.2, 0) is 24.3 Å². The lowest BCUT2D eigenvalue weighted by Gasteiger charge is -2.21. The maximum absolute atomic E-state index is 12.5. The molecule has 0 bridgehead atoms. The minimum Gasteiger partial charge on any atom is -0.452 e. The second-order valence-corrected chi connectivity index (χ2v) is 8.28. The van der Waals surface area contributed by atoms with E-state index in [0.29, 0.717) is 0 Å². The van der Waals surface area contributed by atoms with Gasteiger partial charge in [0.1, 0.15) is 0 Å². The van der Waals surface area contributed by atoms with Gasteiger partial charge in [0.15, 0.2) is 6.61 Å². The van der Waals surface area contributed by atoms with Gasteiger partial charge in [0.2, 0.25) is 15.9 Å². The van der Waals surface area contributed by atoms with Crippen molar-refractivity contribution in [1.29, 1.82) is 0 Å². The number of sulfonamides is 1. The summed E-state index contributed by atoms with van der Waals surface area (Å²) in [6.07, 6.45) is 0. The maximum Gasteiger partial charge on any atom is 0.338 e. The number of rotatable bonds is 8. The van der Waals surface area contributed by atoms with Crippen LogP contribution in [0.15, 0.2) is 29.2 Å². The number of hydrogen-bond donors (Lipinski definition) is 1. The Balaban J connectivity index is 2.75. The van der Waals surface area contributed by atoms with Crippen LogP contribution in [0, 0.1) is 0 Å². The van der Waals surface area contributed by atoms with E-state index in [-0.39, 0.29) is 29.0 Å². The van der Waals surface area contributed by atoms with Gasteiger partial charge < -0.3 is 15.0 Å². The van der Waals surface area contributed by atoms with E-state index in [0.717, 1.165) is 0 Å². The highest BCUT2D eigenvalue weighted by Gasteiger charge is 2.24. The fourth-order valence-corrected chi connectivity index (χ4v) is 3.24. The summed E-state index contributed by atoms with van der Waals surface area (Å²) in [4.78, 5) is 36.4. The van der Waals surface area contributed by atoms with Gasteiger partial charge in [-0.2, -0.15) is 4.31 Å². The van der Waals surface area contributed by atoms with Crippen LogP contribution in [0.5, 0.6) is 0 Å². The first kappa shape index (κ1) is 22.6. The van der Waals surface area contributed by atoms with Gasteiger partial charge in [0.05, 0.1) is 17.0 Å². The fraction of sp³-hybridized carbons (Fsp3) is 0.471. The zero-order chi connectivity index (χ0) is 20.8. The number of carbonyl (C=O) groups is 3. The molecule has 9 nitrogen and oxygen atoms in total. The van der Waals surface area contributed by atoms with E-state index in [4.69, 9.17) is 4.74 Å². The summed E-state index contributed by atoms with van der Waals surface area (Å²) < 4.78 is 31.0. The van der Waals surface area contributed by atoms with E-state index < -0.39 is 28.5 Å². The van der Waals surface area contributed by atoms with E-state index in [9.17, 15) is 22.8 Å². The highest BCUT2D eigenvalue weighted by atomic mass is 32.2. The first-order valence-corrected chi connectivity index (χ1v) is 9.63. The molecule has 0 aliphatic rings. The Morgan fingerprint density at radius 3 is 2.33 bits per heavy atom. The molecule has 27 heavy (non-hydrogen) atoms. The number of ether oxygens (including phenoxy) is 1. The molecule has 0 radical (unpaired) electrons. The van der Waals surface area contributed by atoms with Gasteiger partial charge in [-0.25, -0.2) is 13.2 Å². The van der Waals surface area contributed by atoms with Crippen LogP contribution in [0.3, 0.4) is 0 Å². The third-order valence-electron chi connectivity index (χ3n) is 3.74. The molecule has 0 aliphatic heterocycles. The van der Waals surface area contributed by atoms with Gasteiger partial charge in [-0.3, -0.25) is 9.59 Å². The van der Waals surface area contributed by atoms with Crippen molar-refractivity contribution in [1.82, 2.24) is 14.5 Å². The van der Waals surface area contributed by atoms with Crippen molar-refractivity contribution in [3.63, 3.8) is 0 Å². The summed E-state index contributed by atoms with van der Waals surface area (Å²) in [6.45, 7) is 2.67. The maximum atomic E-state index is 12.5. The molecule has 1 rings (SSSR count). The van der Waals surface area contributed by atoms with E-state index in [1.165, 1.54) is 40.5 Å². The first-order valence-electron chi connectivity index (χ1n) is 8.19. The number of carbonyl (C=O) groups excluding carboxylic acids is 3. The zero-order valence-electron chi connectivity index (χ0n) is 16.1. The summed E-state index contributed by atoms with van der Waals surface area (Å²) in [5.74, 6) is -1.78. The number of amides is 2. The summed E-state index contributed by atoms with van der Waals surface area (Å²) in [5.41, 5.74) is 0.00500. The van der Waals surface area contributed by atoms with Gasteiger partial charge in [0, 0.05) is 27.2 Å². The van der Waals surface area contributed by atoms with Crippen molar-refractivity contribution in [2.45, 2.75) is 24.8 Å². The third-order valence-corrected chi connectivity index (χ3v) is 5.77. The van der Waals surface area contributed by atoms with Crippen molar-refractivity contribution in [3.8, 4) is 0 Å². The van der Waals surface area contributed by atoms with Crippen LogP contribution < -0.4 is 5.32 Å². The summed E-state index contributed by atoms with van der Waals surface area (Å²) >= 11 is 0. The Bertz CT molecular complexity index is 805. The Hall–Kier alpha value is -2.46. The molecule has 0 unspecified atom stereocenters. The molecule has 0 fully saturated rings. The normalized spacial score (nSPS) is 11.4. The Kier molecular flexibility index (Phi) is 7.92. The molecule has 10 heteroatoms. The molecule has 150 valence electrons. The van der Waals surface area contributed by atoms with Crippen molar-refractivity contribution >= 4 is 27.8 Å². The number of hydrogen-bond acceptors (Lipinski definition) is 6. The topological polar surface area (TPSA) is 113 Å². The zero-order valence-corrected chi connectivity index (χ0v) is 16.9. The molecule has 2 amide bonds. The third kappa shape index (κ3) is 6.33. The molecule has 0 atom stereocenters. The summed E-state index contributed by atoms with van der Waals surface area (Å²) in [6, 6.07) is 5.14. The second-order valence-electron chi connectivity index (χ2n) is 6.28.